The first-order valence-electron chi connectivity index (χ1n) is 10.1. The van der Waals surface area contributed by atoms with E-state index in [4.69, 9.17) is 22.9 Å². The summed E-state index contributed by atoms with van der Waals surface area (Å²) in [4.78, 5) is 63.0. The SMILES string of the molecule is CCC(C)C(NC(=O)C(CC(N)=O)NC(=O)CNC(=O)C(N)CCCN=C(N)N)C(=O)O. The summed E-state index contributed by atoms with van der Waals surface area (Å²) in [7, 11) is 0. The topological polar surface area (TPSA) is 258 Å². The second-order valence-corrected chi connectivity index (χ2v) is 7.27. The summed E-state index contributed by atoms with van der Waals surface area (Å²) in [6, 6.07) is -3.53. The van der Waals surface area contributed by atoms with Crippen LogP contribution in [0.15, 0.2) is 4.99 Å². The lowest BCUT2D eigenvalue weighted by molar-refractivity contribution is -0.143. The molecule has 0 aromatic heterocycles. The monoisotopic (exact) mass is 458 g/mol. The number of aliphatic carboxylic acids is 1. The van der Waals surface area contributed by atoms with Gasteiger partial charge in [0.2, 0.25) is 23.6 Å². The summed E-state index contributed by atoms with van der Waals surface area (Å²) in [5.74, 6) is -4.88. The van der Waals surface area contributed by atoms with Crippen molar-refractivity contribution >= 4 is 35.6 Å². The molecule has 182 valence electrons. The molecule has 14 heteroatoms. The molecule has 4 amide bonds. The first-order valence-corrected chi connectivity index (χ1v) is 10.1. The maximum absolute atomic E-state index is 12.5. The third kappa shape index (κ3) is 11.7. The zero-order chi connectivity index (χ0) is 24.8. The maximum atomic E-state index is 12.5. The number of nitrogens with two attached hydrogens (primary N) is 4. The van der Waals surface area contributed by atoms with Crippen molar-refractivity contribution in [2.24, 2.45) is 33.8 Å². The minimum absolute atomic E-state index is 0.0759. The van der Waals surface area contributed by atoms with Crippen molar-refractivity contribution in [2.45, 2.75) is 57.7 Å². The minimum atomic E-state index is -1.41. The van der Waals surface area contributed by atoms with Gasteiger partial charge in [0.25, 0.3) is 0 Å². The van der Waals surface area contributed by atoms with E-state index >= 15 is 0 Å². The number of aliphatic imine (C=N–C) groups is 1. The Morgan fingerprint density at radius 2 is 1.66 bits per heavy atom. The summed E-state index contributed by atoms with van der Waals surface area (Å²) < 4.78 is 0. The van der Waals surface area contributed by atoms with Crippen LogP contribution in [-0.2, 0) is 24.0 Å². The van der Waals surface area contributed by atoms with Crippen LogP contribution in [0.3, 0.4) is 0 Å². The summed E-state index contributed by atoms with van der Waals surface area (Å²) in [6.07, 6.45) is 0.634. The molecule has 0 heterocycles. The van der Waals surface area contributed by atoms with Crippen LogP contribution in [0.2, 0.25) is 0 Å². The molecule has 0 aromatic carbocycles. The number of amides is 4. The molecule has 0 aliphatic heterocycles. The number of carbonyl (C=O) groups excluding carboxylic acids is 4. The van der Waals surface area contributed by atoms with Crippen molar-refractivity contribution in [3.8, 4) is 0 Å². The number of nitrogens with one attached hydrogen (secondary N) is 3. The molecule has 0 saturated heterocycles. The summed E-state index contributed by atoms with van der Waals surface area (Å²) in [6.45, 7) is 3.17. The van der Waals surface area contributed by atoms with Gasteiger partial charge in [-0.25, -0.2) is 4.79 Å². The van der Waals surface area contributed by atoms with Crippen LogP contribution >= 0.6 is 0 Å². The van der Waals surface area contributed by atoms with Gasteiger partial charge in [-0.1, -0.05) is 20.3 Å². The van der Waals surface area contributed by atoms with Crippen molar-refractivity contribution in [1.82, 2.24) is 16.0 Å². The van der Waals surface area contributed by atoms with Gasteiger partial charge in [-0.3, -0.25) is 24.2 Å². The number of hydrogen-bond acceptors (Lipinski definition) is 7. The molecule has 0 radical (unpaired) electrons. The number of nitrogens with zero attached hydrogens (tertiary/aromatic N) is 1. The molecule has 0 saturated carbocycles. The number of carboxylic acids is 1. The Kier molecular flexibility index (Phi) is 13.0. The predicted molar refractivity (Wildman–Crippen MR) is 116 cm³/mol. The molecule has 4 unspecified atom stereocenters. The van der Waals surface area contributed by atoms with Gasteiger partial charge in [-0.2, -0.15) is 0 Å². The molecule has 12 N–H and O–H groups in total. The van der Waals surface area contributed by atoms with Gasteiger partial charge in [0.15, 0.2) is 5.96 Å². The highest BCUT2D eigenvalue weighted by atomic mass is 16.4. The number of primary amides is 1. The Morgan fingerprint density at radius 3 is 2.16 bits per heavy atom. The van der Waals surface area contributed by atoms with Crippen LogP contribution in [0, 0.1) is 5.92 Å². The third-order valence-electron chi connectivity index (χ3n) is 4.56. The lowest BCUT2D eigenvalue weighted by Gasteiger charge is -2.24. The van der Waals surface area contributed by atoms with Gasteiger partial charge in [0.05, 0.1) is 19.0 Å². The number of rotatable bonds is 15. The average molecular weight is 459 g/mol. The fraction of sp³-hybridized carbons (Fsp3) is 0.667. The molecule has 0 aliphatic carbocycles. The highest BCUT2D eigenvalue weighted by Gasteiger charge is 2.30. The van der Waals surface area contributed by atoms with E-state index in [1.807, 2.05) is 0 Å². The Balaban J connectivity index is 4.82. The van der Waals surface area contributed by atoms with E-state index in [1.165, 1.54) is 0 Å². The maximum Gasteiger partial charge on any atom is 0.326 e. The molecule has 14 nitrogen and oxygen atoms in total. The molecule has 0 rings (SSSR count). The van der Waals surface area contributed by atoms with Crippen LogP contribution in [0.1, 0.15) is 39.5 Å². The fourth-order valence-electron chi connectivity index (χ4n) is 2.54. The van der Waals surface area contributed by atoms with Crippen LogP contribution in [0.5, 0.6) is 0 Å². The summed E-state index contributed by atoms with van der Waals surface area (Å²) in [5.41, 5.74) is 21.2. The van der Waals surface area contributed by atoms with Crippen LogP contribution in [0.25, 0.3) is 0 Å². The highest BCUT2D eigenvalue weighted by molar-refractivity contribution is 5.95. The highest BCUT2D eigenvalue weighted by Crippen LogP contribution is 2.08. The van der Waals surface area contributed by atoms with E-state index in [1.54, 1.807) is 13.8 Å². The quantitative estimate of drug-likeness (QED) is 0.0685. The van der Waals surface area contributed by atoms with Crippen LogP contribution in [0.4, 0.5) is 0 Å². The Morgan fingerprint density at radius 1 is 1.03 bits per heavy atom. The van der Waals surface area contributed by atoms with E-state index < -0.39 is 66.6 Å². The zero-order valence-electron chi connectivity index (χ0n) is 18.3. The Hall–Kier alpha value is -3.42. The lowest BCUT2D eigenvalue weighted by Crippen LogP contribution is -2.55. The van der Waals surface area contributed by atoms with Crippen molar-refractivity contribution in [1.29, 1.82) is 0 Å². The van der Waals surface area contributed by atoms with E-state index in [2.05, 4.69) is 20.9 Å². The smallest absolute Gasteiger partial charge is 0.326 e. The van der Waals surface area contributed by atoms with E-state index in [-0.39, 0.29) is 12.4 Å². The summed E-state index contributed by atoms with van der Waals surface area (Å²) in [5, 5.41) is 16.2. The van der Waals surface area contributed by atoms with E-state index in [9.17, 15) is 29.1 Å². The largest absolute Gasteiger partial charge is 0.480 e. The van der Waals surface area contributed by atoms with Gasteiger partial charge in [0.1, 0.15) is 12.1 Å². The lowest BCUT2D eigenvalue weighted by atomic mass is 9.98. The van der Waals surface area contributed by atoms with Gasteiger partial charge in [-0.15, -0.1) is 0 Å². The van der Waals surface area contributed by atoms with Crippen molar-refractivity contribution < 1.29 is 29.1 Å². The average Bonchev–Trinajstić information content (AvgIpc) is 2.71. The molecular formula is C18H34N8O6. The van der Waals surface area contributed by atoms with E-state index in [0.717, 1.165) is 0 Å². The molecule has 32 heavy (non-hydrogen) atoms. The second-order valence-electron chi connectivity index (χ2n) is 7.27. The first kappa shape index (κ1) is 28.6. The molecule has 4 atom stereocenters. The number of hydrogen-bond donors (Lipinski definition) is 8. The molecule has 0 spiro atoms. The van der Waals surface area contributed by atoms with Gasteiger partial charge < -0.3 is 44.0 Å². The van der Waals surface area contributed by atoms with Gasteiger partial charge >= 0.3 is 5.97 Å². The van der Waals surface area contributed by atoms with Crippen LogP contribution in [-0.4, -0.2) is 71.9 Å². The van der Waals surface area contributed by atoms with Crippen molar-refractivity contribution in [3.63, 3.8) is 0 Å². The van der Waals surface area contributed by atoms with Crippen molar-refractivity contribution in [2.75, 3.05) is 13.1 Å². The fourth-order valence-corrected chi connectivity index (χ4v) is 2.54. The second kappa shape index (κ2) is 14.6. The Bertz CT molecular complexity index is 710. The molecular weight excluding hydrogens is 424 g/mol. The molecule has 0 aliphatic rings. The number of carbonyl (C=O) groups is 5. The number of carboxylic acid groups (broad SMARTS) is 1. The zero-order valence-corrected chi connectivity index (χ0v) is 18.3. The standard InChI is InChI=1S/C18H34N8O6/c1-3-9(2)14(17(31)32)26-16(30)11(7-12(20)27)25-13(28)8-24-15(29)10(19)5-4-6-23-18(21)22/h9-11,14H,3-8,19H2,1-2H3,(H2,20,27)(H,24,29)(H,25,28)(H,26,30)(H,31,32)(H4,21,22,23). The number of guanidine groups is 1. The minimum Gasteiger partial charge on any atom is -0.480 e. The van der Waals surface area contributed by atoms with Gasteiger partial charge in [-0.05, 0) is 18.8 Å². The Labute approximate surface area is 185 Å². The van der Waals surface area contributed by atoms with Crippen molar-refractivity contribution in [3.05, 3.63) is 0 Å². The molecule has 0 bridgehead atoms. The van der Waals surface area contributed by atoms with Crippen LogP contribution < -0.4 is 38.9 Å². The molecule has 0 aromatic rings. The normalized spacial score (nSPS) is 14.2. The van der Waals surface area contributed by atoms with E-state index in [0.29, 0.717) is 19.4 Å². The van der Waals surface area contributed by atoms with Gasteiger partial charge in [0, 0.05) is 6.54 Å². The summed E-state index contributed by atoms with van der Waals surface area (Å²) >= 11 is 0. The third-order valence-corrected chi connectivity index (χ3v) is 4.56. The molecule has 0 fully saturated rings. The predicted octanol–water partition coefficient (Wildman–Crippen LogP) is -3.54. The first-order chi connectivity index (χ1) is 14.9.